The lowest BCUT2D eigenvalue weighted by Gasteiger charge is -2.13. The molecule has 2 heterocycles. The standard InChI is InChI=1S/C24H22BrN3O5/c1-13-9-22(30)28(26-13)23(31)12-33-21-10-18-20(11-19(21)25)27(14(2)24(18)15(3)29)16-5-7-17(32-4)8-6-16/h5-8,10-11H,9,12H2,1-4H3. The summed E-state index contributed by atoms with van der Waals surface area (Å²) in [5.41, 5.74) is 3.62. The summed E-state index contributed by atoms with van der Waals surface area (Å²) in [6.07, 6.45) is 0.127. The van der Waals surface area contributed by atoms with Gasteiger partial charge in [-0.2, -0.15) is 10.1 Å². The molecule has 170 valence electrons. The van der Waals surface area contributed by atoms with Crippen LogP contribution in [0.3, 0.4) is 0 Å². The quantitative estimate of drug-likeness (QED) is 0.456. The van der Waals surface area contributed by atoms with Crippen molar-refractivity contribution in [3.05, 3.63) is 52.1 Å². The monoisotopic (exact) mass is 511 g/mol. The van der Waals surface area contributed by atoms with Crippen molar-refractivity contribution in [3.63, 3.8) is 0 Å². The van der Waals surface area contributed by atoms with Crippen molar-refractivity contribution in [2.75, 3.05) is 13.7 Å². The number of Topliss-reactive ketones (excluding diaryl/α,β-unsaturated/α-hetero) is 1. The second kappa shape index (κ2) is 8.82. The van der Waals surface area contributed by atoms with Crippen molar-refractivity contribution < 1.29 is 23.9 Å². The Bertz CT molecular complexity index is 1320. The van der Waals surface area contributed by atoms with E-state index in [-0.39, 0.29) is 24.7 Å². The largest absolute Gasteiger partial charge is 0.497 e. The Labute approximate surface area is 198 Å². The lowest BCUT2D eigenvalue weighted by Crippen LogP contribution is -2.32. The maximum atomic E-state index is 12.5. The number of ketones is 1. The number of hydrogen-bond acceptors (Lipinski definition) is 6. The van der Waals surface area contributed by atoms with E-state index in [9.17, 15) is 14.4 Å². The van der Waals surface area contributed by atoms with Crippen molar-refractivity contribution >= 4 is 50.1 Å². The van der Waals surface area contributed by atoms with Gasteiger partial charge >= 0.3 is 0 Å². The van der Waals surface area contributed by atoms with Gasteiger partial charge in [0, 0.05) is 28.0 Å². The molecule has 3 aromatic rings. The van der Waals surface area contributed by atoms with Gasteiger partial charge in [0.25, 0.3) is 11.8 Å². The maximum Gasteiger partial charge on any atom is 0.287 e. The lowest BCUT2D eigenvalue weighted by molar-refractivity contribution is -0.144. The molecule has 1 aromatic heterocycles. The first kappa shape index (κ1) is 22.7. The molecule has 2 amide bonds. The van der Waals surface area contributed by atoms with E-state index < -0.39 is 5.91 Å². The van der Waals surface area contributed by atoms with Crippen LogP contribution in [0.5, 0.6) is 11.5 Å². The summed E-state index contributed by atoms with van der Waals surface area (Å²) >= 11 is 3.51. The highest BCUT2D eigenvalue weighted by molar-refractivity contribution is 9.10. The number of hydrogen-bond donors (Lipinski definition) is 0. The molecule has 0 spiro atoms. The molecule has 1 aliphatic heterocycles. The van der Waals surface area contributed by atoms with Crippen LogP contribution in [-0.4, -0.2) is 46.6 Å². The van der Waals surface area contributed by atoms with E-state index in [4.69, 9.17) is 9.47 Å². The van der Waals surface area contributed by atoms with Gasteiger partial charge in [-0.15, -0.1) is 0 Å². The van der Waals surface area contributed by atoms with Gasteiger partial charge in [0.05, 0.1) is 23.5 Å². The summed E-state index contributed by atoms with van der Waals surface area (Å²) in [5.74, 6) is 0.112. The predicted octanol–water partition coefficient (Wildman–Crippen LogP) is 4.43. The van der Waals surface area contributed by atoms with Crippen LogP contribution in [0.1, 0.15) is 36.3 Å². The smallest absolute Gasteiger partial charge is 0.287 e. The number of methoxy groups -OCH3 is 1. The molecule has 0 fully saturated rings. The summed E-state index contributed by atoms with van der Waals surface area (Å²) in [7, 11) is 1.61. The molecule has 33 heavy (non-hydrogen) atoms. The van der Waals surface area contributed by atoms with Gasteiger partial charge in [-0.05, 0) is 73.1 Å². The summed E-state index contributed by atoms with van der Waals surface area (Å²) in [4.78, 5) is 36.8. The van der Waals surface area contributed by atoms with Crippen molar-refractivity contribution in [1.82, 2.24) is 9.58 Å². The number of carbonyl (C=O) groups is 3. The highest BCUT2D eigenvalue weighted by atomic mass is 79.9. The lowest BCUT2D eigenvalue weighted by atomic mass is 10.1. The van der Waals surface area contributed by atoms with Gasteiger partial charge in [-0.3, -0.25) is 14.4 Å². The number of amides is 2. The van der Waals surface area contributed by atoms with Gasteiger partial charge in [0.1, 0.15) is 11.5 Å². The first-order valence-electron chi connectivity index (χ1n) is 10.2. The zero-order valence-corrected chi connectivity index (χ0v) is 20.2. The molecule has 0 radical (unpaired) electrons. The van der Waals surface area contributed by atoms with Crippen LogP contribution in [-0.2, 0) is 9.59 Å². The number of halogens is 1. The fourth-order valence-electron chi connectivity index (χ4n) is 3.99. The van der Waals surface area contributed by atoms with Crippen LogP contribution in [0.2, 0.25) is 0 Å². The SMILES string of the molecule is COc1ccc(-n2c(C)c(C(C)=O)c3cc(OCC(=O)N4N=C(C)CC4=O)c(Br)cc32)cc1. The molecule has 0 bridgehead atoms. The molecule has 0 aliphatic carbocycles. The number of carbonyl (C=O) groups excluding carboxylic acids is 3. The number of rotatable bonds is 6. The molecular weight excluding hydrogens is 490 g/mol. The van der Waals surface area contributed by atoms with E-state index in [1.807, 2.05) is 41.8 Å². The number of benzene rings is 2. The third kappa shape index (κ3) is 4.16. The fraction of sp³-hybridized carbons (Fsp3) is 0.250. The molecule has 0 N–H and O–H groups in total. The van der Waals surface area contributed by atoms with Crippen LogP contribution >= 0.6 is 15.9 Å². The molecule has 4 rings (SSSR count). The molecule has 0 unspecified atom stereocenters. The van der Waals surface area contributed by atoms with Gasteiger partial charge in [-0.1, -0.05) is 0 Å². The van der Waals surface area contributed by atoms with Crippen LogP contribution in [0.15, 0.2) is 46.0 Å². The number of nitrogens with zero attached hydrogens (tertiary/aromatic N) is 3. The van der Waals surface area contributed by atoms with Crippen LogP contribution in [0.25, 0.3) is 16.6 Å². The van der Waals surface area contributed by atoms with E-state index in [0.717, 1.165) is 27.7 Å². The van der Waals surface area contributed by atoms with E-state index in [1.54, 1.807) is 20.1 Å². The van der Waals surface area contributed by atoms with Crippen molar-refractivity contribution in [2.45, 2.75) is 27.2 Å². The summed E-state index contributed by atoms with van der Waals surface area (Å²) in [6.45, 7) is 4.74. The second-order valence-corrected chi connectivity index (χ2v) is 8.60. The first-order valence-corrected chi connectivity index (χ1v) is 11.0. The van der Waals surface area contributed by atoms with Crippen LogP contribution in [0, 0.1) is 6.92 Å². The molecule has 0 saturated carbocycles. The topological polar surface area (TPSA) is 90.2 Å². The van der Waals surface area contributed by atoms with E-state index in [1.165, 1.54) is 6.92 Å². The normalized spacial score (nSPS) is 13.4. The average molecular weight is 512 g/mol. The number of aromatic nitrogens is 1. The Morgan fingerprint density at radius 1 is 1.15 bits per heavy atom. The van der Waals surface area contributed by atoms with Gasteiger partial charge in [-0.25, -0.2) is 0 Å². The number of hydrazone groups is 1. The first-order chi connectivity index (χ1) is 15.7. The van der Waals surface area contributed by atoms with Crippen molar-refractivity contribution in [1.29, 1.82) is 0 Å². The van der Waals surface area contributed by atoms with E-state index >= 15 is 0 Å². The zero-order chi connectivity index (χ0) is 23.9. The minimum atomic E-state index is -0.553. The van der Waals surface area contributed by atoms with E-state index in [2.05, 4.69) is 21.0 Å². The molecule has 0 saturated heterocycles. The van der Waals surface area contributed by atoms with Gasteiger partial charge < -0.3 is 14.0 Å². The minimum absolute atomic E-state index is 0.0819. The van der Waals surface area contributed by atoms with Crippen molar-refractivity contribution in [3.8, 4) is 17.2 Å². The van der Waals surface area contributed by atoms with Gasteiger partial charge in [0.2, 0.25) is 0 Å². The summed E-state index contributed by atoms with van der Waals surface area (Å²) in [5, 5.41) is 5.50. The molecule has 2 aromatic carbocycles. The zero-order valence-electron chi connectivity index (χ0n) is 18.6. The number of fused-ring (bicyclic) bond motifs is 1. The summed E-state index contributed by atoms with van der Waals surface area (Å²) in [6, 6.07) is 11.1. The Hall–Kier alpha value is -3.46. The van der Waals surface area contributed by atoms with E-state index in [0.29, 0.717) is 26.9 Å². The molecule has 8 nitrogen and oxygen atoms in total. The minimum Gasteiger partial charge on any atom is -0.497 e. The Morgan fingerprint density at radius 2 is 1.85 bits per heavy atom. The fourth-order valence-corrected chi connectivity index (χ4v) is 4.43. The average Bonchev–Trinajstić information content (AvgIpc) is 3.26. The number of imide groups is 1. The Morgan fingerprint density at radius 3 is 2.42 bits per heavy atom. The Kier molecular flexibility index (Phi) is 6.07. The third-order valence-corrected chi connectivity index (χ3v) is 6.06. The Balaban J connectivity index is 1.73. The molecule has 0 atom stereocenters. The highest BCUT2D eigenvalue weighted by Crippen LogP contribution is 2.37. The molecular formula is C24H22BrN3O5. The third-order valence-electron chi connectivity index (χ3n) is 5.44. The van der Waals surface area contributed by atoms with Crippen molar-refractivity contribution in [2.24, 2.45) is 5.10 Å². The second-order valence-electron chi connectivity index (χ2n) is 7.75. The molecule has 9 heteroatoms. The highest BCUT2D eigenvalue weighted by Gasteiger charge is 2.28. The van der Waals surface area contributed by atoms with Crippen LogP contribution < -0.4 is 9.47 Å². The summed E-state index contributed by atoms with van der Waals surface area (Å²) < 4.78 is 13.6. The predicted molar refractivity (Wildman–Crippen MR) is 127 cm³/mol. The van der Waals surface area contributed by atoms with Crippen LogP contribution in [0.4, 0.5) is 0 Å². The number of ether oxygens (including phenoxy) is 2. The maximum absolute atomic E-state index is 12.5. The molecule has 1 aliphatic rings. The van der Waals surface area contributed by atoms with Gasteiger partial charge in [0.15, 0.2) is 12.4 Å².